The van der Waals surface area contributed by atoms with E-state index in [9.17, 15) is 22.4 Å². The molecule has 1 saturated heterocycles. The Morgan fingerprint density at radius 1 is 0.953 bits per heavy atom. The van der Waals surface area contributed by atoms with Crippen LogP contribution >= 0.6 is 0 Å². The maximum atomic E-state index is 14.3. The normalized spacial score (nSPS) is 34.3. The van der Waals surface area contributed by atoms with Gasteiger partial charge in [-0.15, -0.1) is 0 Å². The monoisotopic (exact) mass is 598 g/mol. The van der Waals surface area contributed by atoms with Crippen molar-refractivity contribution >= 4 is 24.2 Å². The van der Waals surface area contributed by atoms with Crippen molar-refractivity contribution in [1.82, 2.24) is 4.98 Å². The molecule has 1 aromatic carbocycles. The highest BCUT2D eigenvalue weighted by Gasteiger charge is 2.69. The molecule has 4 bridgehead atoms. The number of halogens is 4. The van der Waals surface area contributed by atoms with Gasteiger partial charge < -0.3 is 14.2 Å². The van der Waals surface area contributed by atoms with Crippen molar-refractivity contribution in [1.29, 1.82) is 0 Å². The lowest BCUT2D eigenvalue weighted by atomic mass is 9.41. The predicted octanol–water partition coefficient (Wildman–Crippen LogP) is 6.78. The van der Waals surface area contributed by atoms with Crippen molar-refractivity contribution < 1.29 is 31.7 Å². The second kappa shape index (κ2) is 9.77. The molecule has 230 valence electrons. The van der Waals surface area contributed by atoms with E-state index in [0.717, 1.165) is 67.6 Å². The third-order valence-electron chi connectivity index (χ3n) is 11.1. The number of hydrogen-bond donors (Lipinski definition) is 0. The molecule has 10 heteroatoms. The van der Waals surface area contributed by atoms with Crippen LogP contribution in [-0.4, -0.2) is 43.4 Å². The van der Waals surface area contributed by atoms with Crippen LogP contribution in [0.1, 0.15) is 89.3 Å². The first kappa shape index (κ1) is 29.3. The van der Waals surface area contributed by atoms with E-state index in [0.29, 0.717) is 45.4 Å². The van der Waals surface area contributed by atoms with E-state index in [2.05, 4.69) is 18.8 Å². The topological polar surface area (TPSA) is 51.7 Å². The Bertz CT molecular complexity index is 1360. The summed E-state index contributed by atoms with van der Waals surface area (Å²) in [5.74, 6) is 0.0340. The number of aromatic nitrogens is 1. The fourth-order valence-electron chi connectivity index (χ4n) is 8.61. The van der Waals surface area contributed by atoms with Crippen LogP contribution in [0.3, 0.4) is 0 Å². The average Bonchev–Trinajstić information content (AvgIpc) is 2.95. The van der Waals surface area contributed by atoms with Gasteiger partial charge in [0.25, 0.3) is 0 Å². The largest absolute Gasteiger partial charge is 0.493 e. The lowest BCUT2D eigenvalue weighted by Crippen LogP contribution is -2.65. The second-order valence-corrected chi connectivity index (χ2v) is 15.3. The van der Waals surface area contributed by atoms with Crippen molar-refractivity contribution in [2.75, 3.05) is 24.7 Å². The smallest absolute Gasteiger partial charge is 0.407 e. The van der Waals surface area contributed by atoms with Gasteiger partial charge in [-0.25, -0.2) is 4.39 Å². The minimum Gasteiger partial charge on any atom is -0.407 e. The zero-order chi connectivity index (χ0) is 30.3. The molecule has 2 aromatic rings. The third-order valence-corrected chi connectivity index (χ3v) is 11.1. The number of carbonyl (C=O) groups excluding carboxylic acids is 1. The number of hydrogen-bond acceptors (Lipinski definition) is 4. The van der Waals surface area contributed by atoms with Gasteiger partial charge in [-0.1, -0.05) is 26.0 Å². The van der Waals surface area contributed by atoms with Crippen LogP contribution in [0.15, 0.2) is 42.6 Å². The molecule has 0 N–H and O–H groups in total. The number of benzene rings is 1. The summed E-state index contributed by atoms with van der Waals surface area (Å²) in [4.78, 5) is 20.2. The average molecular weight is 598 g/mol. The summed E-state index contributed by atoms with van der Waals surface area (Å²) in [6.07, 6.45) is 3.48. The van der Waals surface area contributed by atoms with Crippen LogP contribution in [0.4, 0.5) is 23.2 Å². The summed E-state index contributed by atoms with van der Waals surface area (Å²) < 4.78 is 65.8. The van der Waals surface area contributed by atoms with Gasteiger partial charge in [0, 0.05) is 54.6 Å². The first-order valence-electron chi connectivity index (χ1n) is 15.6. The van der Waals surface area contributed by atoms with E-state index in [1.807, 2.05) is 29.2 Å². The van der Waals surface area contributed by atoms with E-state index in [-0.39, 0.29) is 27.6 Å². The SMILES string of the molecule is CC1(C)COB(c2cccc(N(CC34CCC(c5ccc(C(F)(F)F)cn5)(CC3)CC4)C(=O)CC34CC(F)(C3)C4)c2)OC1. The number of fused-ring (bicyclic) bond motifs is 3. The summed E-state index contributed by atoms with van der Waals surface area (Å²) in [5, 5.41) is 0. The van der Waals surface area contributed by atoms with Crippen LogP contribution in [0.2, 0.25) is 0 Å². The molecule has 6 aliphatic carbocycles. The zero-order valence-corrected chi connectivity index (χ0v) is 24.9. The number of pyridine rings is 1. The number of carbonyl (C=O) groups is 1. The highest BCUT2D eigenvalue weighted by Crippen LogP contribution is 2.71. The van der Waals surface area contributed by atoms with Crippen molar-refractivity contribution in [3.05, 3.63) is 53.9 Å². The van der Waals surface area contributed by atoms with E-state index < -0.39 is 24.5 Å². The molecule has 0 unspecified atom stereocenters. The van der Waals surface area contributed by atoms with Gasteiger partial charge >= 0.3 is 13.3 Å². The molecule has 5 nitrogen and oxygen atoms in total. The summed E-state index contributed by atoms with van der Waals surface area (Å²) in [7, 11) is -0.492. The van der Waals surface area contributed by atoms with Crippen LogP contribution < -0.4 is 10.4 Å². The third kappa shape index (κ3) is 5.30. The molecule has 6 saturated carbocycles. The number of alkyl halides is 4. The van der Waals surface area contributed by atoms with Crippen LogP contribution in [0.25, 0.3) is 0 Å². The number of amides is 1. The Labute approximate surface area is 250 Å². The first-order valence-corrected chi connectivity index (χ1v) is 15.6. The Kier molecular flexibility index (Phi) is 6.65. The van der Waals surface area contributed by atoms with Gasteiger partial charge in [-0.05, 0) is 98.3 Å². The lowest BCUT2D eigenvalue weighted by Gasteiger charge is -2.66. The molecule has 0 radical (unpaired) electrons. The maximum Gasteiger partial charge on any atom is 0.493 e. The summed E-state index contributed by atoms with van der Waals surface area (Å²) in [6.45, 7) is 5.93. The summed E-state index contributed by atoms with van der Waals surface area (Å²) in [6, 6.07) is 10.6. The fourth-order valence-corrected chi connectivity index (χ4v) is 8.61. The first-order chi connectivity index (χ1) is 20.2. The fraction of sp³-hybridized carbons (Fsp3) is 0.636. The number of nitrogens with zero attached hydrogens (tertiary/aromatic N) is 2. The molecule has 1 aliphatic heterocycles. The van der Waals surface area contributed by atoms with Crippen LogP contribution in [0.5, 0.6) is 0 Å². The van der Waals surface area contributed by atoms with Crippen molar-refractivity contribution in [2.45, 2.75) is 95.3 Å². The molecule has 1 amide bonds. The molecular weight excluding hydrogens is 559 g/mol. The van der Waals surface area contributed by atoms with Crippen molar-refractivity contribution in [2.24, 2.45) is 16.2 Å². The van der Waals surface area contributed by atoms with Crippen LogP contribution in [0, 0.1) is 16.2 Å². The molecule has 0 atom stereocenters. The number of anilines is 1. The maximum absolute atomic E-state index is 14.3. The minimum atomic E-state index is -4.40. The molecule has 9 rings (SSSR count). The standard InChI is InChI=1S/C33H39BF4N2O3/c1-28(2)21-42-34(43-22-28)24-4-3-5-25(14-24)40(27(41)15-30-17-32(35,18-30)19-30)20-29-8-11-31(12-9-29,13-10-29)26-7-6-23(16-39-26)33(36,37)38/h3-7,14,16H,8-13,15,17-22H2,1-2H3. The predicted molar refractivity (Wildman–Crippen MR) is 156 cm³/mol. The summed E-state index contributed by atoms with van der Waals surface area (Å²) >= 11 is 0. The van der Waals surface area contributed by atoms with Gasteiger partial charge in [0.05, 0.1) is 5.56 Å². The number of rotatable bonds is 7. The molecule has 43 heavy (non-hydrogen) atoms. The lowest BCUT2D eigenvalue weighted by molar-refractivity contribution is -0.215. The van der Waals surface area contributed by atoms with Crippen molar-refractivity contribution in [3.63, 3.8) is 0 Å². The Morgan fingerprint density at radius 2 is 1.60 bits per heavy atom. The van der Waals surface area contributed by atoms with Gasteiger partial charge in [-0.2, -0.15) is 13.2 Å². The van der Waals surface area contributed by atoms with E-state index >= 15 is 0 Å². The van der Waals surface area contributed by atoms with Crippen LogP contribution in [-0.2, 0) is 25.7 Å². The highest BCUT2D eigenvalue weighted by molar-refractivity contribution is 6.61. The second-order valence-electron chi connectivity index (χ2n) is 15.3. The molecule has 0 spiro atoms. The van der Waals surface area contributed by atoms with Gasteiger partial charge in [-0.3, -0.25) is 9.78 Å². The quantitative estimate of drug-likeness (QED) is 0.261. The Hall–Kier alpha value is -2.46. The van der Waals surface area contributed by atoms with Gasteiger partial charge in [0.15, 0.2) is 0 Å². The Morgan fingerprint density at radius 3 is 2.16 bits per heavy atom. The molecule has 2 heterocycles. The molecule has 7 aliphatic rings. The van der Waals surface area contributed by atoms with Gasteiger partial charge in [0.2, 0.25) is 5.91 Å². The van der Waals surface area contributed by atoms with E-state index in [4.69, 9.17) is 9.31 Å². The molecular formula is C33H39BF4N2O3. The molecule has 1 aromatic heterocycles. The van der Waals surface area contributed by atoms with Crippen molar-refractivity contribution in [3.8, 4) is 0 Å². The van der Waals surface area contributed by atoms with Gasteiger partial charge in [0.1, 0.15) is 5.67 Å². The highest BCUT2D eigenvalue weighted by atomic mass is 19.4. The molecule has 7 fully saturated rings. The van der Waals surface area contributed by atoms with E-state index in [1.54, 1.807) is 6.07 Å². The van der Waals surface area contributed by atoms with E-state index in [1.165, 1.54) is 0 Å². The summed E-state index contributed by atoms with van der Waals surface area (Å²) in [5.41, 5.74) is 0.0811. The minimum absolute atomic E-state index is 0.0340. The zero-order valence-electron chi connectivity index (χ0n) is 24.9. The Balaban J connectivity index is 1.10.